The smallest absolute Gasteiger partial charge is 0.416 e. The fraction of sp³-hybridized carbons (Fsp3) is 0.111. The Morgan fingerprint density at radius 2 is 1.97 bits per heavy atom. The van der Waals surface area contributed by atoms with Gasteiger partial charge in [0.05, 0.1) is 16.2 Å². The number of nitro groups is 1. The summed E-state index contributed by atoms with van der Waals surface area (Å²) in [6.45, 7) is -0.507. The molecule has 1 N–H and O–H groups in total. The molecule has 0 saturated heterocycles. The van der Waals surface area contributed by atoms with Crippen molar-refractivity contribution in [1.29, 1.82) is 0 Å². The van der Waals surface area contributed by atoms with E-state index < -0.39 is 29.2 Å². The lowest BCUT2D eigenvalue weighted by atomic mass is 10.1. The van der Waals surface area contributed by atoms with Gasteiger partial charge in [-0.25, -0.2) is 4.98 Å². The third kappa shape index (κ3) is 5.29. The van der Waals surface area contributed by atoms with Crippen molar-refractivity contribution in [2.24, 2.45) is 0 Å². The van der Waals surface area contributed by atoms with Gasteiger partial charge in [-0.2, -0.15) is 13.2 Å². The van der Waals surface area contributed by atoms with Gasteiger partial charge in [-0.05, 0) is 18.2 Å². The van der Waals surface area contributed by atoms with Crippen molar-refractivity contribution < 1.29 is 27.6 Å². The van der Waals surface area contributed by atoms with Crippen LogP contribution in [0.5, 0.6) is 5.75 Å². The Hall–Kier alpha value is -3.47. The SMILES string of the molecule is O=C(COc1cccc(C(F)(F)F)c1)Nc1nc(-c2cccc([N+](=O)[O-])c2)cs1. The van der Waals surface area contributed by atoms with Crippen molar-refractivity contribution in [1.82, 2.24) is 4.98 Å². The zero-order valence-electron chi connectivity index (χ0n) is 14.5. The number of hydrogen-bond acceptors (Lipinski definition) is 6. The molecule has 0 atom stereocenters. The molecule has 0 aliphatic heterocycles. The number of non-ortho nitro benzene ring substituents is 1. The molecule has 0 radical (unpaired) electrons. The Bertz CT molecular complexity index is 1050. The summed E-state index contributed by atoms with van der Waals surface area (Å²) < 4.78 is 43.2. The van der Waals surface area contributed by atoms with Crippen LogP contribution in [0.25, 0.3) is 11.3 Å². The highest BCUT2D eigenvalue weighted by Gasteiger charge is 2.30. The lowest BCUT2D eigenvalue weighted by Gasteiger charge is -2.09. The number of rotatable bonds is 6. The summed E-state index contributed by atoms with van der Waals surface area (Å²) in [4.78, 5) is 26.5. The van der Waals surface area contributed by atoms with E-state index in [1.165, 1.54) is 30.3 Å². The van der Waals surface area contributed by atoms with Gasteiger partial charge in [-0.1, -0.05) is 18.2 Å². The predicted octanol–water partition coefficient (Wildman–Crippen LogP) is 4.75. The topological polar surface area (TPSA) is 94.4 Å². The van der Waals surface area contributed by atoms with Gasteiger partial charge in [0.15, 0.2) is 11.7 Å². The van der Waals surface area contributed by atoms with Crippen molar-refractivity contribution in [3.8, 4) is 17.0 Å². The molecular formula is C18H12F3N3O4S. The summed E-state index contributed by atoms with van der Waals surface area (Å²) in [5.74, 6) is -0.700. The standard InChI is InChI=1S/C18H12F3N3O4S/c19-18(20,21)12-4-2-6-14(8-12)28-9-16(25)23-17-22-15(10-29-17)11-3-1-5-13(7-11)24(26)27/h1-8,10H,9H2,(H,22,23,25). The third-order valence-electron chi connectivity index (χ3n) is 3.63. The highest BCUT2D eigenvalue weighted by molar-refractivity contribution is 7.14. The molecular weight excluding hydrogens is 411 g/mol. The number of amides is 1. The number of carbonyl (C=O) groups is 1. The highest BCUT2D eigenvalue weighted by atomic mass is 32.1. The molecule has 150 valence electrons. The molecule has 0 aliphatic carbocycles. The number of alkyl halides is 3. The molecule has 11 heteroatoms. The van der Waals surface area contributed by atoms with Gasteiger partial charge in [0.25, 0.3) is 11.6 Å². The van der Waals surface area contributed by atoms with E-state index in [1.54, 1.807) is 11.4 Å². The number of nitro benzene ring substituents is 1. The first kappa shape index (κ1) is 20.3. The van der Waals surface area contributed by atoms with E-state index in [0.29, 0.717) is 11.3 Å². The molecule has 0 unspecified atom stereocenters. The van der Waals surface area contributed by atoms with Crippen LogP contribution in [0, 0.1) is 10.1 Å². The summed E-state index contributed by atoms with van der Waals surface area (Å²) in [5, 5.41) is 15.2. The van der Waals surface area contributed by atoms with Crippen molar-refractivity contribution in [2.45, 2.75) is 6.18 Å². The maximum absolute atomic E-state index is 12.7. The average molecular weight is 423 g/mol. The Morgan fingerprint density at radius 3 is 2.69 bits per heavy atom. The van der Waals surface area contributed by atoms with Gasteiger partial charge in [0.1, 0.15) is 5.75 Å². The minimum absolute atomic E-state index is 0.0874. The van der Waals surface area contributed by atoms with E-state index >= 15 is 0 Å². The second kappa shape index (κ2) is 8.27. The maximum Gasteiger partial charge on any atom is 0.416 e. The Labute approximate surface area is 165 Å². The quantitative estimate of drug-likeness (QED) is 0.456. The van der Waals surface area contributed by atoms with Crippen molar-refractivity contribution >= 4 is 28.1 Å². The van der Waals surface area contributed by atoms with E-state index in [1.807, 2.05) is 0 Å². The number of nitrogens with one attached hydrogen (secondary N) is 1. The molecule has 0 saturated carbocycles. The second-order valence-corrected chi connectivity index (χ2v) is 6.57. The Balaban J connectivity index is 1.61. The third-order valence-corrected chi connectivity index (χ3v) is 4.39. The van der Waals surface area contributed by atoms with E-state index in [-0.39, 0.29) is 16.6 Å². The summed E-state index contributed by atoms with van der Waals surface area (Å²) in [5.41, 5.74) is -0.0172. The van der Waals surface area contributed by atoms with Crippen LogP contribution in [0.2, 0.25) is 0 Å². The average Bonchev–Trinajstić information content (AvgIpc) is 3.14. The number of thiazole rings is 1. The van der Waals surface area contributed by atoms with Crippen LogP contribution in [0.3, 0.4) is 0 Å². The fourth-order valence-corrected chi connectivity index (χ4v) is 3.04. The number of ether oxygens (including phenoxy) is 1. The van der Waals surface area contributed by atoms with E-state index in [9.17, 15) is 28.1 Å². The van der Waals surface area contributed by atoms with Crippen molar-refractivity contribution in [3.63, 3.8) is 0 Å². The molecule has 0 spiro atoms. The number of carbonyl (C=O) groups excluding carboxylic acids is 1. The largest absolute Gasteiger partial charge is 0.484 e. The minimum atomic E-state index is -4.51. The van der Waals surface area contributed by atoms with Gasteiger partial charge in [0.2, 0.25) is 0 Å². The number of benzene rings is 2. The first-order valence-electron chi connectivity index (χ1n) is 8.02. The zero-order chi connectivity index (χ0) is 21.0. The van der Waals surface area contributed by atoms with Gasteiger partial charge in [0, 0.05) is 23.1 Å². The molecule has 7 nitrogen and oxygen atoms in total. The Morgan fingerprint density at radius 1 is 1.21 bits per heavy atom. The highest BCUT2D eigenvalue weighted by Crippen LogP contribution is 2.31. The molecule has 0 fully saturated rings. The van der Waals surface area contributed by atoms with Crippen molar-refractivity contribution in [3.05, 3.63) is 69.6 Å². The van der Waals surface area contributed by atoms with Crippen LogP contribution in [0.15, 0.2) is 53.9 Å². The van der Waals surface area contributed by atoms with Gasteiger partial charge >= 0.3 is 6.18 Å². The summed E-state index contributed by atoms with van der Waals surface area (Å²) in [7, 11) is 0. The summed E-state index contributed by atoms with van der Waals surface area (Å²) in [6, 6.07) is 10.1. The van der Waals surface area contributed by atoms with Crippen LogP contribution in [0.1, 0.15) is 5.56 Å². The van der Waals surface area contributed by atoms with E-state index in [2.05, 4.69) is 10.3 Å². The molecule has 3 rings (SSSR count). The molecule has 29 heavy (non-hydrogen) atoms. The van der Waals surface area contributed by atoms with Gasteiger partial charge < -0.3 is 4.74 Å². The van der Waals surface area contributed by atoms with Crippen LogP contribution in [-0.4, -0.2) is 22.4 Å². The van der Waals surface area contributed by atoms with Crippen LogP contribution in [0.4, 0.5) is 24.0 Å². The first-order chi connectivity index (χ1) is 13.7. The molecule has 1 heterocycles. The summed E-state index contributed by atoms with van der Waals surface area (Å²) in [6.07, 6.45) is -4.51. The number of anilines is 1. The monoisotopic (exact) mass is 423 g/mol. The van der Waals surface area contributed by atoms with E-state index in [4.69, 9.17) is 4.74 Å². The van der Waals surface area contributed by atoms with Crippen molar-refractivity contribution in [2.75, 3.05) is 11.9 Å². The van der Waals surface area contributed by atoms with Crippen LogP contribution < -0.4 is 10.1 Å². The number of hydrogen-bond donors (Lipinski definition) is 1. The predicted molar refractivity (Wildman–Crippen MR) is 99.8 cm³/mol. The maximum atomic E-state index is 12.7. The molecule has 2 aromatic carbocycles. The molecule has 1 amide bonds. The fourth-order valence-electron chi connectivity index (χ4n) is 2.31. The molecule has 1 aromatic heterocycles. The lowest BCUT2D eigenvalue weighted by Crippen LogP contribution is -2.20. The summed E-state index contributed by atoms with van der Waals surface area (Å²) >= 11 is 1.10. The molecule has 3 aromatic rings. The van der Waals surface area contributed by atoms with E-state index in [0.717, 1.165) is 23.5 Å². The Kier molecular flexibility index (Phi) is 5.78. The zero-order valence-corrected chi connectivity index (χ0v) is 15.3. The number of halogens is 3. The number of aromatic nitrogens is 1. The normalized spacial score (nSPS) is 11.1. The van der Waals surface area contributed by atoms with Crippen LogP contribution >= 0.6 is 11.3 Å². The van der Waals surface area contributed by atoms with Gasteiger partial charge in [-0.15, -0.1) is 11.3 Å². The minimum Gasteiger partial charge on any atom is -0.484 e. The molecule has 0 aliphatic rings. The first-order valence-corrected chi connectivity index (χ1v) is 8.90. The lowest BCUT2D eigenvalue weighted by molar-refractivity contribution is -0.384. The van der Waals surface area contributed by atoms with Crippen LogP contribution in [-0.2, 0) is 11.0 Å². The van der Waals surface area contributed by atoms with Gasteiger partial charge in [-0.3, -0.25) is 20.2 Å². The second-order valence-electron chi connectivity index (χ2n) is 5.71. The number of nitrogens with zero attached hydrogens (tertiary/aromatic N) is 2. The molecule has 0 bridgehead atoms.